The Morgan fingerprint density at radius 3 is 2.37 bits per heavy atom. The molecule has 1 heterocycles. The molecule has 3 nitrogen and oxygen atoms in total. The minimum Gasteiger partial charge on any atom is -0.283 e. The number of amides is 1. The van der Waals surface area contributed by atoms with Gasteiger partial charge in [-0.2, -0.15) is 0 Å². The van der Waals surface area contributed by atoms with E-state index in [1.54, 1.807) is 0 Å². The largest absolute Gasteiger partial charge is 0.283 e. The van der Waals surface area contributed by atoms with E-state index in [1.807, 2.05) is 71.6 Å². The van der Waals surface area contributed by atoms with Crippen LogP contribution in [-0.2, 0) is 4.79 Å². The summed E-state index contributed by atoms with van der Waals surface area (Å²) in [4.78, 5) is 20.9. The third kappa shape index (κ3) is 4.01. The van der Waals surface area contributed by atoms with Crippen LogP contribution in [0.1, 0.15) is 38.2 Å². The molecule has 0 unspecified atom stereocenters. The Balaban J connectivity index is 1.71. The second kappa shape index (κ2) is 8.13. The van der Waals surface area contributed by atoms with E-state index in [9.17, 15) is 4.79 Å². The van der Waals surface area contributed by atoms with E-state index < -0.39 is 0 Å². The summed E-state index contributed by atoms with van der Waals surface area (Å²) in [7, 11) is 0. The third-order valence-corrected chi connectivity index (χ3v) is 6.30. The Labute approximate surface area is 165 Å². The van der Waals surface area contributed by atoms with Gasteiger partial charge in [-0.1, -0.05) is 68.3 Å². The Kier molecular flexibility index (Phi) is 5.44. The minimum absolute atomic E-state index is 0.0947. The summed E-state index contributed by atoms with van der Waals surface area (Å²) in [6.45, 7) is 2.26. The zero-order valence-electron chi connectivity index (χ0n) is 15.5. The van der Waals surface area contributed by atoms with Gasteiger partial charge in [-0.15, -0.1) is 0 Å². The number of carbonyl (C=O) groups excluding carboxylic acids is 1. The normalized spacial score (nSPS) is 26.1. The Bertz CT molecular complexity index is 860. The monoisotopic (exact) mass is 376 g/mol. The van der Waals surface area contributed by atoms with Gasteiger partial charge < -0.3 is 0 Å². The van der Waals surface area contributed by atoms with Crippen molar-refractivity contribution in [1.29, 1.82) is 0 Å². The predicted molar refractivity (Wildman–Crippen MR) is 114 cm³/mol. The van der Waals surface area contributed by atoms with Gasteiger partial charge in [0.1, 0.15) is 0 Å². The summed E-state index contributed by atoms with van der Waals surface area (Å²) < 4.78 is 0. The molecule has 0 aromatic heterocycles. The molecule has 1 aliphatic heterocycles. The summed E-state index contributed by atoms with van der Waals surface area (Å²) in [5.41, 5.74) is 1.94. The SMILES string of the molecule is C[C@H]1CCCC[C@H]1N1C(=O)/C(=C/c2ccccc2)SC1=Nc1ccccc1. The maximum absolute atomic E-state index is 13.3. The summed E-state index contributed by atoms with van der Waals surface area (Å²) in [5.74, 6) is 0.595. The number of benzene rings is 2. The smallest absolute Gasteiger partial charge is 0.267 e. The average Bonchev–Trinajstić information content (AvgIpc) is 2.99. The highest BCUT2D eigenvalue weighted by Crippen LogP contribution is 2.40. The molecule has 138 valence electrons. The lowest BCUT2D eigenvalue weighted by molar-refractivity contribution is -0.124. The van der Waals surface area contributed by atoms with E-state index >= 15 is 0 Å². The highest BCUT2D eigenvalue weighted by molar-refractivity contribution is 8.18. The zero-order valence-corrected chi connectivity index (χ0v) is 16.4. The van der Waals surface area contributed by atoms with Crippen LogP contribution >= 0.6 is 11.8 Å². The number of nitrogens with zero attached hydrogens (tertiary/aromatic N) is 2. The van der Waals surface area contributed by atoms with E-state index in [4.69, 9.17) is 4.99 Å². The molecule has 27 heavy (non-hydrogen) atoms. The van der Waals surface area contributed by atoms with Gasteiger partial charge in [-0.3, -0.25) is 9.69 Å². The fourth-order valence-corrected chi connectivity index (χ4v) is 4.90. The molecule has 1 aliphatic carbocycles. The first-order valence-corrected chi connectivity index (χ1v) is 10.5. The van der Waals surface area contributed by atoms with Crippen LogP contribution < -0.4 is 0 Å². The fraction of sp³-hybridized carbons (Fsp3) is 0.304. The maximum Gasteiger partial charge on any atom is 0.267 e. The number of para-hydroxylation sites is 1. The van der Waals surface area contributed by atoms with Crippen molar-refractivity contribution >= 4 is 34.6 Å². The van der Waals surface area contributed by atoms with Gasteiger partial charge in [-0.25, -0.2) is 4.99 Å². The first-order valence-electron chi connectivity index (χ1n) is 9.64. The van der Waals surface area contributed by atoms with Crippen LogP contribution in [0.15, 0.2) is 70.6 Å². The number of carbonyl (C=O) groups is 1. The molecular formula is C23H24N2OS. The molecule has 0 bridgehead atoms. The molecule has 4 rings (SSSR count). The Hall–Kier alpha value is -2.33. The first-order chi connectivity index (χ1) is 13.2. The first kappa shape index (κ1) is 18.1. The summed E-state index contributed by atoms with van der Waals surface area (Å²) >= 11 is 1.50. The van der Waals surface area contributed by atoms with E-state index in [2.05, 4.69) is 6.92 Å². The van der Waals surface area contributed by atoms with E-state index in [-0.39, 0.29) is 11.9 Å². The van der Waals surface area contributed by atoms with Gasteiger partial charge in [0.2, 0.25) is 0 Å². The third-order valence-electron chi connectivity index (χ3n) is 5.31. The maximum atomic E-state index is 13.3. The highest BCUT2D eigenvalue weighted by atomic mass is 32.2. The van der Waals surface area contributed by atoms with Crippen molar-refractivity contribution in [2.24, 2.45) is 10.9 Å². The summed E-state index contributed by atoms with van der Waals surface area (Å²) in [6, 6.07) is 20.2. The van der Waals surface area contributed by atoms with E-state index in [1.165, 1.54) is 31.0 Å². The lowest BCUT2D eigenvalue weighted by Crippen LogP contribution is -2.44. The van der Waals surface area contributed by atoms with Gasteiger partial charge in [0, 0.05) is 6.04 Å². The quantitative estimate of drug-likeness (QED) is 0.628. The van der Waals surface area contributed by atoms with Gasteiger partial charge in [0.15, 0.2) is 5.17 Å². The van der Waals surface area contributed by atoms with Crippen LogP contribution in [0.25, 0.3) is 6.08 Å². The van der Waals surface area contributed by atoms with Crippen molar-refractivity contribution in [2.75, 3.05) is 0 Å². The zero-order chi connectivity index (χ0) is 18.6. The molecule has 1 amide bonds. The van der Waals surface area contributed by atoms with Crippen LogP contribution in [0.4, 0.5) is 5.69 Å². The number of hydrogen-bond donors (Lipinski definition) is 0. The minimum atomic E-state index is 0.0947. The molecular weight excluding hydrogens is 352 g/mol. The molecule has 2 aliphatic rings. The van der Waals surface area contributed by atoms with Crippen molar-refractivity contribution < 1.29 is 4.79 Å². The van der Waals surface area contributed by atoms with Crippen molar-refractivity contribution in [1.82, 2.24) is 4.90 Å². The fourth-order valence-electron chi connectivity index (χ4n) is 3.85. The Morgan fingerprint density at radius 2 is 1.67 bits per heavy atom. The molecule has 2 atom stereocenters. The average molecular weight is 377 g/mol. The van der Waals surface area contributed by atoms with Crippen molar-refractivity contribution in [3.8, 4) is 0 Å². The highest BCUT2D eigenvalue weighted by Gasteiger charge is 2.40. The molecule has 2 fully saturated rings. The summed E-state index contributed by atoms with van der Waals surface area (Å²) in [5, 5.41) is 0.812. The Morgan fingerprint density at radius 1 is 1.00 bits per heavy atom. The number of thioether (sulfide) groups is 1. The summed E-state index contributed by atoms with van der Waals surface area (Å²) in [6.07, 6.45) is 6.65. The lowest BCUT2D eigenvalue weighted by atomic mass is 9.85. The van der Waals surface area contributed by atoms with E-state index in [0.29, 0.717) is 5.92 Å². The second-order valence-electron chi connectivity index (χ2n) is 7.26. The number of hydrogen-bond acceptors (Lipinski definition) is 3. The van der Waals surface area contributed by atoms with Crippen molar-refractivity contribution in [3.05, 3.63) is 71.1 Å². The molecule has 0 radical (unpaired) electrons. The van der Waals surface area contributed by atoms with Crippen LogP contribution in [0.3, 0.4) is 0 Å². The standard InChI is InChI=1S/C23H24N2OS/c1-17-10-8-9-15-20(17)25-22(26)21(16-18-11-4-2-5-12-18)27-23(25)24-19-13-6-3-7-14-19/h2-7,11-14,16-17,20H,8-10,15H2,1H3/b21-16-,24-23?/t17-,20+/m0/s1. The van der Waals surface area contributed by atoms with Crippen LogP contribution in [0.5, 0.6) is 0 Å². The van der Waals surface area contributed by atoms with Gasteiger partial charge in [0.25, 0.3) is 5.91 Å². The lowest BCUT2D eigenvalue weighted by Gasteiger charge is -2.35. The van der Waals surface area contributed by atoms with Gasteiger partial charge in [-0.05, 0) is 54.3 Å². The molecule has 2 aromatic carbocycles. The molecule has 1 saturated carbocycles. The second-order valence-corrected chi connectivity index (χ2v) is 8.26. The van der Waals surface area contributed by atoms with Crippen molar-refractivity contribution in [3.63, 3.8) is 0 Å². The molecule has 0 spiro atoms. The topological polar surface area (TPSA) is 32.7 Å². The van der Waals surface area contributed by atoms with Crippen LogP contribution in [0.2, 0.25) is 0 Å². The molecule has 1 saturated heterocycles. The molecule has 2 aromatic rings. The number of aliphatic imine (C=N–C) groups is 1. The van der Waals surface area contributed by atoms with Crippen molar-refractivity contribution in [2.45, 2.75) is 38.6 Å². The number of amidine groups is 1. The van der Waals surface area contributed by atoms with Gasteiger partial charge in [0.05, 0.1) is 10.6 Å². The molecule has 0 N–H and O–H groups in total. The van der Waals surface area contributed by atoms with Gasteiger partial charge >= 0.3 is 0 Å². The molecule has 4 heteroatoms. The van der Waals surface area contributed by atoms with Crippen LogP contribution in [0, 0.1) is 5.92 Å². The predicted octanol–water partition coefficient (Wildman–Crippen LogP) is 5.87. The van der Waals surface area contributed by atoms with Crippen LogP contribution in [-0.4, -0.2) is 22.0 Å². The number of rotatable bonds is 3. The van der Waals surface area contributed by atoms with E-state index in [0.717, 1.165) is 27.7 Å².